The number of aromatic nitrogens is 1. The largest absolute Gasteiger partial charge is 0.491 e. The molecule has 272 valence electrons. The number of hydrogen-bond donors (Lipinski definition) is 1. The molecule has 1 aromatic heterocycles. The molecular weight excluding hydrogens is 686 g/mol. The van der Waals surface area contributed by atoms with E-state index in [1.165, 1.54) is 5.57 Å². The first-order chi connectivity index (χ1) is 24.4. The SMILES string of the molecule is CO[C@@]1(CC(=O)c2ccccn2)/C=C/C[C@H](C)[C@@H](C)S(=O)(=O)NC(=O)c2ccc3c(c2)N(C[C@@H]2CC[C@H]21)C[C@@]1(CCCC2=CC(Cl)=CCC21)CO3. The lowest BCUT2D eigenvalue weighted by Crippen LogP contribution is -2.54. The molecule has 5 aliphatic rings. The van der Waals surface area contributed by atoms with Crippen molar-refractivity contribution in [2.24, 2.45) is 29.1 Å². The fourth-order valence-corrected chi connectivity index (χ4v) is 10.7. The fraction of sp³-hybridized carbons (Fsp3) is 0.525. The average Bonchev–Trinajstić information content (AvgIpc) is 3.25. The Hall–Kier alpha value is -3.47. The van der Waals surface area contributed by atoms with E-state index in [0.29, 0.717) is 37.6 Å². The molecule has 51 heavy (non-hydrogen) atoms. The molecule has 7 atom stereocenters. The number of rotatable bonds is 4. The molecule has 7 rings (SSSR count). The minimum atomic E-state index is -4.01. The summed E-state index contributed by atoms with van der Waals surface area (Å²) in [6, 6.07) is 10.6. The van der Waals surface area contributed by atoms with Crippen LogP contribution in [0.25, 0.3) is 0 Å². The quantitative estimate of drug-likeness (QED) is 0.258. The number of carbonyl (C=O) groups is 2. The second-order valence-corrected chi connectivity index (χ2v) is 17.9. The first kappa shape index (κ1) is 35.9. The normalized spacial score (nSPS) is 33.9. The van der Waals surface area contributed by atoms with Crippen molar-refractivity contribution < 1.29 is 27.5 Å². The summed E-state index contributed by atoms with van der Waals surface area (Å²) in [5.41, 5.74) is 1.69. The van der Waals surface area contributed by atoms with Crippen LogP contribution < -0.4 is 14.4 Å². The Labute approximate surface area is 306 Å². The van der Waals surface area contributed by atoms with Gasteiger partial charge in [-0.1, -0.05) is 48.4 Å². The summed E-state index contributed by atoms with van der Waals surface area (Å²) in [7, 11) is -2.34. The number of ether oxygens (including phenoxy) is 2. The van der Waals surface area contributed by atoms with Crippen molar-refractivity contribution in [2.75, 3.05) is 31.7 Å². The summed E-state index contributed by atoms with van der Waals surface area (Å²) < 4.78 is 42.5. The van der Waals surface area contributed by atoms with E-state index < -0.39 is 26.8 Å². The van der Waals surface area contributed by atoms with E-state index in [1.807, 2.05) is 25.1 Å². The second-order valence-electron chi connectivity index (χ2n) is 15.4. The Morgan fingerprint density at radius 3 is 2.76 bits per heavy atom. The highest BCUT2D eigenvalue weighted by molar-refractivity contribution is 7.90. The molecule has 3 aliphatic carbocycles. The van der Waals surface area contributed by atoms with Crippen molar-refractivity contribution in [3.8, 4) is 5.75 Å². The van der Waals surface area contributed by atoms with Gasteiger partial charge in [0.1, 0.15) is 11.4 Å². The average molecular weight is 734 g/mol. The molecule has 1 N–H and O–H groups in total. The molecular formula is C40H48ClN3O6S. The highest BCUT2D eigenvalue weighted by atomic mass is 35.5. The lowest BCUT2D eigenvalue weighted by atomic mass is 9.61. The van der Waals surface area contributed by atoms with Gasteiger partial charge in [0.25, 0.3) is 5.91 Å². The van der Waals surface area contributed by atoms with Crippen LogP contribution in [0.3, 0.4) is 0 Å². The number of methoxy groups -OCH3 is 1. The van der Waals surface area contributed by atoms with Gasteiger partial charge in [-0.25, -0.2) is 13.1 Å². The Kier molecular flexibility index (Phi) is 9.97. The van der Waals surface area contributed by atoms with Crippen molar-refractivity contribution in [1.29, 1.82) is 0 Å². The number of amides is 1. The smallest absolute Gasteiger partial charge is 0.264 e. The van der Waals surface area contributed by atoms with E-state index >= 15 is 0 Å². The van der Waals surface area contributed by atoms with Crippen LogP contribution in [0.5, 0.6) is 5.75 Å². The number of pyridine rings is 1. The Bertz CT molecular complexity index is 1880. The Balaban J connectivity index is 1.31. The van der Waals surface area contributed by atoms with Crippen LogP contribution in [0.1, 0.15) is 86.1 Å². The Morgan fingerprint density at radius 1 is 1.18 bits per heavy atom. The molecule has 1 unspecified atom stereocenters. The topological polar surface area (TPSA) is 115 Å². The number of benzene rings is 1. The molecule has 2 bridgehead atoms. The van der Waals surface area contributed by atoms with Gasteiger partial charge in [-0.2, -0.15) is 0 Å². The summed E-state index contributed by atoms with van der Waals surface area (Å²) in [5, 5.41) is -0.0633. The molecule has 9 nitrogen and oxygen atoms in total. The van der Waals surface area contributed by atoms with Crippen molar-refractivity contribution in [3.05, 3.63) is 88.8 Å². The first-order valence-electron chi connectivity index (χ1n) is 18.2. The predicted molar refractivity (Wildman–Crippen MR) is 198 cm³/mol. The zero-order chi connectivity index (χ0) is 36.0. The highest BCUT2D eigenvalue weighted by Crippen LogP contribution is 2.53. The molecule has 3 heterocycles. The Morgan fingerprint density at radius 2 is 2.02 bits per heavy atom. The number of carbonyl (C=O) groups excluding carboxylic acids is 2. The number of sulfonamides is 1. The maximum Gasteiger partial charge on any atom is 0.264 e. The van der Waals surface area contributed by atoms with Gasteiger partial charge in [0.05, 0.1) is 23.1 Å². The van der Waals surface area contributed by atoms with E-state index in [4.69, 9.17) is 21.1 Å². The van der Waals surface area contributed by atoms with E-state index in [0.717, 1.165) is 49.2 Å². The van der Waals surface area contributed by atoms with Crippen LogP contribution >= 0.6 is 11.6 Å². The number of Topliss-reactive ketones (excluding diaryl/α,β-unsaturated/α-hetero) is 1. The molecule has 0 radical (unpaired) electrons. The lowest BCUT2D eigenvalue weighted by Gasteiger charge is -2.51. The standard InChI is InChI=1S/C40H48ClN3O6S/c1-26-8-6-18-40(49-3,22-36(45)34-10-4-5-19-42-34)33-14-11-30(33)23-44-24-39(17-7-9-28-20-31(41)13-15-32(28)39)25-50-37-16-12-29(21-35(37)44)38(46)43-51(47,48)27(26)2/h4-6,10,12-13,16,18-21,26-27,30,32-33H,7-9,11,14-15,17,22-25H2,1-3H3,(H,43,46)/b18-6+/t26-,27+,30-,32?,33+,39-,40+/m0/s1. The first-order valence-corrected chi connectivity index (χ1v) is 20.2. The van der Waals surface area contributed by atoms with Gasteiger partial charge in [-0.3, -0.25) is 14.6 Å². The number of allylic oxidation sites excluding steroid dienone is 5. The summed E-state index contributed by atoms with van der Waals surface area (Å²) in [6.07, 6.45) is 16.1. The van der Waals surface area contributed by atoms with E-state index in [9.17, 15) is 18.0 Å². The van der Waals surface area contributed by atoms with Crippen LogP contribution in [0.15, 0.2) is 77.5 Å². The van der Waals surface area contributed by atoms with Crippen LogP contribution in [0.2, 0.25) is 0 Å². The van der Waals surface area contributed by atoms with Gasteiger partial charge in [0, 0.05) is 48.8 Å². The maximum atomic E-state index is 13.8. The summed E-state index contributed by atoms with van der Waals surface area (Å²) >= 11 is 6.51. The van der Waals surface area contributed by atoms with Crippen molar-refractivity contribution in [2.45, 2.75) is 76.1 Å². The third-order valence-corrected chi connectivity index (χ3v) is 14.7. The van der Waals surface area contributed by atoms with E-state index in [1.54, 1.807) is 50.6 Å². The second kappa shape index (κ2) is 14.2. The number of ketones is 1. The van der Waals surface area contributed by atoms with Gasteiger partial charge in [0.2, 0.25) is 10.0 Å². The summed E-state index contributed by atoms with van der Waals surface area (Å²) in [5.74, 6) is 0.0733. The van der Waals surface area contributed by atoms with Gasteiger partial charge in [-0.15, -0.1) is 0 Å². The molecule has 1 spiro atoms. The number of nitrogens with zero attached hydrogens (tertiary/aromatic N) is 2. The van der Waals surface area contributed by atoms with Crippen LogP contribution in [0, 0.1) is 29.1 Å². The number of halogens is 1. The molecule has 2 aliphatic heterocycles. The van der Waals surface area contributed by atoms with Crippen LogP contribution in [-0.2, 0) is 14.8 Å². The zero-order valence-electron chi connectivity index (χ0n) is 29.6. The number of nitrogens with one attached hydrogen (secondary N) is 1. The van der Waals surface area contributed by atoms with Gasteiger partial charge in [0.15, 0.2) is 5.78 Å². The molecule has 11 heteroatoms. The molecule has 0 saturated heterocycles. The van der Waals surface area contributed by atoms with E-state index in [2.05, 4.69) is 26.8 Å². The van der Waals surface area contributed by atoms with Crippen LogP contribution in [-0.4, -0.2) is 62.7 Å². The van der Waals surface area contributed by atoms with Crippen molar-refractivity contribution >= 4 is 39.0 Å². The monoisotopic (exact) mass is 733 g/mol. The number of fused-ring (bicyclic) bond motifs is 4. The minimum Gasteiger partial charge on any atom is -0.491 e. The van der Waals surface area contributed by atoms with Crippen molar-refractivity contribution in [1.82, 2.24) is 9.71 Å². The number of anilines is 1. The van der Waals surface area contributed by atoms with E-state index in [-0.39, 0.29) is 46.9 Å². The maximum absolute atomic E-state index is 13.8. The lowest BCUT2D eigenvalue weighted by molar-refractivity contribution is -0.0745. The molecule has 1 amide bonds. The number of hydrogen-bond acceptors (Lipinski definition) is 8. The predicted octanol–water partition coefficient (Wildman–Crippen LogP) is 7.25. The van der Waals surface area contributed by atoms with Gasteiger partial charge >= 0.3 is 0 Å². The zero-order valence-corrected chi connectivity index (χ0v) is 31.2. The molecule has 1 aromatic carbocycles. The van der Waals surface area contributed by atoms with Gasteiger partial charge < -0.3 is 14.4 Å². The third-order valence-electron chi connectivity index (χ3n) is 12.5. The van der Waals surface area contributed by atoms with Crippen molar-refractivity contribution in [3.63, 3.8) is 0 Å². The fourth-order valence-electron chi connectivity index (χ4n) is 9.16. The summed E-state index contributed by atoms with van der Waals surface area (Å²) in [4.78, 5) is 34.1. The molecule has 2 aromatic rings. The minimum absolute atomic E-state index is 0.0177. The van der Waals surface area contributed by atoms with Gasteiger partial charge in [-0.05, 0) is 112 Å². The van der Waals surface area contributed by atoms with Crippen LogP contribution in [0.4, 0.5) is 5.69 Å². The third kappa shape index (κ3) is 6.91. The highest BCUT2D eigenvalue weighted by Gasteiger charge is 2.51. The molecule has 2 fully saturated rings. The molecule has 2 saturated carbocycles. The summed E-state index contributed by atoms with van der Waals surface area (Å²) in [6.45, 7) is 5.38.